The van der Waals surface area contributed by atoms with E-state index >= 15 is 0 Å². The van der Waals surface area contributed by atoms with Gasteiger partial charge in [-0.15, -0.1) is 0 Å². The quantitative estimate of drug-likeness (QED) is 0.784. The lowest BCUT2D eigenvalue weighted by Crippen LogP contribution is -2.36. The number of nitrogen functional groups attached to an aromatic ring is 1. The summed E-state index contributed by atoms with van der Waals surface area (Å²) in [4.78, 5) is 25.0. The van der Waals surface area contributed by atoms with E-state index in [2.05, 4.69) is 10.3 Å². The third kappa shape index (κ3) is 1.92. The van der Waals surface area contributed by atoms with Gasteiger partial charge in [-0.2, -0.15) is 13.2 Å². The zero-order chi connectivity index (χ0) is 13.5. The van der Waals surface area contributed by atoms with Gasteiger partial charge in [0.15, 0.2) is 0 Å². The van der Waals surface area contributed by atoms with Crippen LogP contribution in [0, 0.1) is 0 Å². The van der Waals surface area contributed by atoms with Crippen LogP contribution >= 0.6 is 0 Å². The Morgan fingerprint density at radius 3 is 2.28 bits per heavy atom. The molecule has 1 heterocycles. The van der Waals surface area contributed by atoms with Gasteiger partial charge < -0.3 is 11.1 Å². The van der Waals surface area contributed by atoms with Gasteiger partial charge in [-0.3, -0.25) is 9.59 Å². The molecule has 0 unspecified atom stereocenters. The minimum absolute atomic E-state index is 0.124. The van der Waals surface area contributed by atoms with E-state index in [4.69, 9.17) is 5.73 Å². The zero-order valence-electron chi connectivity index (χ0n) is 8.71. The molecule has 18 heavy (non-hydrogen) atoms. The topological polar surface area (TPSA) is 85.1 Å². The Balaban J connectivity index is 2.23. The average Bonchev–Trinajstić information content (AvgIpc) is 2.34. The molecule has 8 heteroatoms. The highest BCUT2D eigenvalue weighted by Gasteiger charge is 2.32. The van der Waals surface area contributed by atoms with E-state index in [1.807, 2.05) is 0 Å². The molecule has 0 aliphatic rings. The SMILES string of the molecule is Nc1c(Nc2ccc(C(F)(F)F)nc2)c(=O)c1=O. The monoisotopic (exact) mass is 257 g/mol. The van der Waals surface area contributed by atoms with Crippen molar-refractivity contribution in [1.82, 2.24) is 4.98 Å². The minimum Gasteiger partial charge on any atom is -0.394 e. The molecule has 0 atom stereocenters. The van der Waals surface area contributed by atoms with Crippen LogP contribution in [0.25, 0.3) is 0 Å². The number of nitrogens with two attached hydrogens (primary N) is 1. The molecule has 0 radical (unpaired) electrons. The molecular formula is C10H6F3N3O2. The Morgan fingerprint density at radius 1 is 1.17 bits per heavy atom. The molecule has 0 amide bonds. The second-order valence-electron chi connectivity index (χ2n) is 3.50. The van der Waals surface area contributed by atoms with Crippen LogP contribution in [0.3, 0.4) is 0 Å². The summed E-state index contributed by atoms with van der Waals surface area (Å²) < 4.78 is 36.7. The summed E-state index contributed by atoms with van der Waals surface area (Å²) in [6.45, 7) is 0. The van der Waals surface area contributed by atoms with Crippen molar-refractivity contribution in [2.24, 2.45) is 0 Å². The fourth-order valence-corrected chi connectivity index (χ4v) is 1.31. The largest absolute Gasteiger partial charge is 0.433 e. The van der Waals surface area contributed by atoms with Crippen LogP contribution in [0.4, 0.5) is 30.2 Å². The summed E-state index contributed by atoms with van der Waals surface area (Å²) in [6.07, 6.45) is -3.63. The van der Waals surface area contributed by atoms with Gasteiger partial charge in [-0.1, -0.05) is 0 Å². The molecule has 3 N–H and O–H groups in total. The molecule has 0 aliphatic heterocycles. The van der Waals surface area contributed by atoms with E-state index in [1.54, 1.807) is 0 Å². The number of nitrogens with zero attached hydrogens (tertiary/aromatic N) is 1. The Morgan fingerprint density at radius 2 is 1.83 bits per heavy atom. The van der Waals surface area contributed by atoms with Crippen LogP contribution in [0.2, 0.25) is 0 Å². The Bertz CT molecular complexity index is 654. The highest BCUT2D eigenvalue weighted by molar-refractivity contribution is 5.76. The number of hydrogen-bond donors (Lipinski definition) is 2. The number of pyridine rings is 1. The molecule has 2 aromatic rings. The van der Waals surface area contributed by atoms with Crippen molar-refractivity contribution in [3.63, 3.8) is 0 Å². The molecule has 94 valence electrons. The summed E-state index contributed by atoms with van der Waals surface area (Å²) in [5.74, 6) is 0. The highest BCUT2D eigenvalue weighted by atomic mass is 19.4. The smallest absolute Gasteiger partial charge is 0.394 e. The van der Waals surface area contributed by atoms with E-state index in [-0.39, 0.29) is 17.1 Å². The van der Waals surface area contributed by atoms with Gasteiger partial charge in [0.25, 0.3) is 10.9 Å². The number of nitrogens with one attached hydrogen (secondary N) is 1. The van der Waals surface area contributed by atoms with Crippen LogP contribution < -0.4 is 21.9 Å². The molecule has 1 aromatic heterocycles. The maximum Gasteiger partial charge on any atom is 0.433 e. The van der Waals surface area contributed by atoms with Gasteiger partial charge in [-0.25, -0.2) is 4.98 Å². The van der Waals surface area contributed by atoms with E-state index in [0.717, 1.165) is 18.3 Å². The van der Waals surface area contributed by atoms with Gasteiger partial charge >= 0.3 is 6.18 Å². The standard InChI is InChI=1S/C10H6F3N3O2/c11-10(12,13)5-2-1-4(3-15-5)16-7-6(14)8(17)9(7)18/h1-3,16H,14H2. The molecule has 0 spiro atoms. The van der Waals surface area contributed by atoms with E-state index in [0.29, 0.717) is 0 Å². The van der Waals surface area contributed by atoms with Crippen molar-refractivity contribution in [3.8, 4) is 0 Å². The first kappa shape index (κ1) is 12.1. The first-order valence-corrected chi connectivity index (χ1v) is 4.70. The molecule has 0 fully saturated rings. The molecule has 0 bridgehead atoms. The predicted molar refractivity (Wildman–Crippen MR) is 58.3 cm³/mol. The third-order valence-corrected chi connectivity index (χ3v) is 2.27. The van der Waals surface area contributed by atoms with E-state index in [9.17, 15) is 22.8 Å². The minimum atomic E-state index is -4.53. The summed E-state index contributed by atoms with van der Waals surface area (Å²) >= 11 is 0. The van der Waals surface area contributed by atoms with Gasteiger partial charge in [0.1, 0.15) is 17.1 Å². The van der Waals surface area contributed by atoms with Crippen LogP contribution in [-0.2, 0) is 6.18 Å². The second kappa shape index (κ2) is 3.83. The number of hydrogen-bond acceptors (Lipinski definition) is 5. The van der Waals surface area contributed by atoms with Crippen molar-refractivity contribution < 1.29 is 13.2 Å². The Kier molecular flexibility index (Phi) is 2.57. The van der Waals surface area contributed by atoms with Crippen LogP contribution in [0.1, 0.15) is 5.69 Å². The van der Waals surface area contributed by atoms with Crippen molar-refractivity contribution in [3.05, 3.63) is 44.5 Å². The summed E-state index contributed by atoms with van der Waals surface area (Å²) in [7, 11) is 0. The summed E-state index contributed by atoms with van der Waals surface area (Å²) in [5, 5.41) is 2.44. The fraction of sp³-hybridized carbons (Fsp3) is 0.100. The average molecular weight is 257 g/mol. The zero-order valence-corrected chi connectivity index (χ0v) is 8.71. The number of alkyl halides is 3. The fourth-order valence-electron chi connectivity index (χ4n) is 1.31. The van der Waals surface area contributed by atoms with E-state index in [1.165, 1.54) is 0 Å². The van der Waals surface area contributed by atoms with Gasteiger partial charge in [0.2, 0.25) is 0 Å². The third-order valence-electron chi connectivity index (χ3n) is 2.27. The molecule has 5 nitrogen and oxygen atoms in total. The van der Waals surface area contributed by atoms with E-state index < -0.39 is 22.7 Å². The molecule has 2 rings (SSSR count). The molecule has 0 saturated heterocycles. The lowest BCUT2D eigenvalue weighted by atomic mass is 10.2. The molecule has 1 aromatic carbocycles. The Hall–Kier alpha value is -2.38. The maximum absolute atomic E-state index is 12.2. The first-order valence-electron chi connectivity index (χ1n) is 4.70. The summed E-state index contributed by atoms with van der Waals surface area (Å²) in [5.41, 5.74) is 2.37. The van der Waals surface area contributed by atoms with Crippen LogP contribution in [-0.4, -0.2) is 4.98 Å². The van der Waals surface area contributed by atoms with Gasteiger partial charge in [0, 0.05) is 0 Å². The number of aromatic nitrogens is 1. The first-order chi connectivity index (χ1) is 8.30. The van der Waals surface area contributed by atoms with Crippen molar-refractivity contribution in [1.29, 1.82) is 0 Å². The Labute approximate surface area is 97.8 Å². The lowest BCUT2D eigenvalue weighted by Gasteiger charge is -2.10. The van der Waals surface area contributed by atoms with Crippen LogP contribution in [0.15, 0.2) is 27.9 Å². The second-order valence-corrected chi connectivity index (χ2v) is 3.50. The maximum atomic E-state index is 12.2. The number of halogens is 3. The van der Waals surface area contributed by atoms with Crippen molar-refractivity contribution in [2.75, 3.05) is 11.1 Å². The normalized spacial score (nSPS) is 11.7. The molecular weight excluding hydrogens is 251 g/mol. The van der Waals surface area contributed by atoms with Crippen molar-refractivity contribution in [2.45, 2.75) is 6.18 Å². The molecule has 0 aliphatic carbocycles. The summed E-state index contributed by atoms with van der Waals surface area (Å²) in [6, 6.07) is 1.84. The lowest BCUT2D eigenvalue weighted by molar-refractivity contribution is -0.141. The van der Waals surface area contributed by atoms with Crippen LogP contribution in [0.5, 0.6) is 0 Å². The molecule has 0 saturated carbocycles. The van der Waals surface area contributed by atoms with Crippen molar-refractivity contribution >= 4 is 17.1 Å². The predicted octanol–water partition coefficient (Wildman–Crippen LogP) is 1.02. The van der Waals surface area contributed by atoms with Gasteiger partial charge in [0.05, 0.1) is 11.9 Å². The number of anilines is 3. The highest BCUT2D eigenvalue weighted by Crippen LogP contribution is 2.28. The number of rotatable bonds is 2. The van der Waals surface area contributed by atoms with Gasteiger partial charge in [-0.05, 0) is 12.1 Å².